The van der Waals surface area contributed by atoms with E-state index in [1.54, 1.807) is 0 Å². The predicted molar refractivity (Wildman–Crippen MR) is 76.4 cm³/mol. The van der Waals surface area contributed by atoms with Gasteiger partial charge < -0.3 is 10.6 Å². The zero-order chi connectivity index (χ0) is 13.8. The molecule has 0 spiro atoms. The molecular weight excluding hydrogens is 263 g/mol. The van der Waals surface area contributed by atoms with Gasteiger partial charge in [0, 0.05) is 19.2 Å². The molecule has 6 heteroatoms. The minimum absolute atomic E-state index is 0.363. The van der Waals surface area contributed by atoms with Gasteiger partial charge in [0.2, 0.25) is 5.95 Å². The molecule has 2 N–H and O–H groups in total. The zero-order valence-electron chi connectivity index (χ0n) is 10.4. The fraction of sp³-hybridized carbons (Fsp3) is 0.154. The summed E-state index contributed by atoms with van der Waals surface area (Å²) in [4.78, 5) is 10.0. The third-order valence-corrected chi connectivity index (χ3v) is 2.82. The Bertz CT molecular complexity index is 585. The number of hydrogen-bond acceptors (Lipinski definition) is 4. The summed E-state index contributed by atoms with van der Waals surface area (Å²) in [6.45, 7) is 0.585. The highest BCUT2D eigenvalue weighted by atomic mass is 32.1. The van der Waals surface area contributed by atoms with E-state index in [4.69, 9.17) is 18.0 Å². The maximum Gasteiger partial charge on any atom is 0.225 e. The standard InChI is InChI=1S/C13H13FN4S/c1-18(13-16-6-11(14)7-17-13)8-9-3-2-4-10(5-9)12(15)19/h2-7H,8H2,1H3,(H2,15,19). The van der Waals surface area contributed by atoms with Crippen LogP contribution in [0.15, 0.2) is 36.7 Å². The van der Waals surface area contributed by atoms with Crippen LogP contribution in [0.2, 0.25) is 0 Å². The Morgan fingerprint density at radius 1 is 1.37 bits per heavy atom. The van der Waals surface area contributed by atoms with Crippen molar-refractivity contribution >= 4 is 23.2 Å². The van der Waals surface area contributed by atoms with Crippen molar-refractivity contribution in [2.24, 2.45) is 5.73 Å². The molecule has 0 aliphatic heterocycles. The average molecular weight is 276 g/mol. The van der Waals surface area contributed by atoms with Crippen molar-refractivity contribution in [2.45, 2.75) is 6.54 Å². The molecule has 4 nitrogen and oxygen atoms in total. The molecule has 98 valence electrons. The third kappa shape index (κ3) is 3.45. The van der Waals surface area contributed by atoms with Gasteiger partial charge in [0.1, 0.15) is 4.99 Å². The number of thiocarbonyl (C=S) groups is 1. The Morgan fingerprint density at radius 3 is 2.68 bits per heavy atom. The monoisotopic (exact) mass is 276 g/mol. The highest BCUT2D eigenvalue weighted by Gasteiger charge is 2.06. The molecule has 2 rings (SSSR count). The number of nitrogens with zero attached hydrogens (tertiary/aromatic N) is 3. The van der Waals surface area contributed by atoms with Gasteiger partial charge in [-0.2, -0.15) is 0 Å². The largest absolute Gasteiger partial charge is 0.389 e. The van der Waals surface area contributed by atoms with E-state index in [2.05, 4.69) is 9.97 Å². The maximum absolute atomic E-state index is 12.7. The van der Waals surface area contributed by atoms with E-state index in [0.717, 1.165) is 23.5 Å². The van der Waals surface area contributed by atoms with Gasteiger partial charge in [-0.15, -0.1) is 0 Å². The molecular formula is C13H13FN4S. The molecule has 1 aromatic carbocycles. The summed E-state index contributed by atoms with van der Waals surface area (Å²) in [7, 11) is 1.83. The van der Waals surface area contributed by atoms with E-state index in [1.165, 1.54) is 0 Å². The van der Waals surface area contributed by atoms with E-state index in [1.807, 2.05) is 36.2 Å². The SMILES string of the molecule is CN(Cc1cccc(C(N)=S)c1)c1ncc(F)cn1. The first-order valence-corrected chi connectivity index (χ1v) is 6.04. The van der Waals surface area contributed by atoms with Crippen LogP contribution in [0.1, 0.15) is 11.1 Å². The Kier molecular flexibility index (Phi) is 4.01. The predicted octanol–water partition coefficient (Wildman–Crippen LogP) is 1.89. The Hall–Kier alpha value is -2.08. The molecule has 0 amide bonds. The molecule has 0 atom stereocenters. The Balaban J connectivity index is 2.14. The van der Waals surface area contributed by atoms with E-state index >= 15 is 0 Å². The smallest absolute Gasteiger partial charge is 0.225 e. The second-order valence-corrected chi connectivity index (χ2v) is 4.56. The Labute approximate surface area is 116 Å². The van der Waals surface area contributed by atoms with E-state index in [-0.39, 0.29) is 0 Å². The second-order valence-electron chi connectivity index (χ2n) is 4.12. The minimum Gasteiger partial charge on any atom is -0.389 e. The van der Waals surface area contributed by atoms with E-state index in [0.29, 0.717) is 17.5 Å². The fourth-order valence-electron chi connectivity index (χ4n) is 1.67. The molecule has 0 unspecified atom stereocenters. The van der Waals surface area contributed by atoms with Crippen molar-refractivity contribution in [1.82, 2.24) is 9.97 Å². The van der Waals surface area contributed by atoms with Crippen molar-refractivity contribution in [3.8, 4) is 0 Å². The lowest BCUT2D eigenvalue weighted by Crippen LogP contribution is -2.19. The average Bonchev–Trinajstić information content (AvgIpc) is 2.39. The number of benzene rings is 1. The van der Waals surface area contributed by atoms with Gasteiger partial charge in [-0.25, -0.2) is 14.4 Å². The molecule has 0 aliphatic carbocycles. The number of nitrogens with two attached hydrogens (primary N) is 1. The van der Waals surface area contributed by atoms with Gasteiger partial charge in [0.15, 0.2) is 5.82 Å². The first-order valence-electron chi connectivity index (χ1n) is 5.63. The Morgan fingerprint density at radius 2 is 2.05 bits per heavy atom. The van der Waals surface area contributed by atoms with Crippen LogP contribution >= 0.6 is 12.2 Å². The van der Waals surface area contributed by atoms with Crippen LogP contribution in [-0.2, 0) is 6.54 Å². The van der Waals surface area contributed by atoms with Crippen LogP contribution < -0.4 is 10.6 Å². The van der Waals surface area contributed by atoms with Gasteiger partial charge in [-0.3, -0.25) is 0 Å². The summed E-state index contributed by atoms with van der Waals surface area (Å²) < 4.78 is 12.7. The summed E-state index contributed by atoms with van der Waals surface area (Å²) in [5.41, 5.74) is 7.44. The van der Waals surface area contributed by atoms with Crippen molar-refractivity contribution in [3.05, 3.63) is 53.6 Å². The molecule has 0 radical (unpaired) electrons. The van der Waals surface area contributed by atoms with Crippen LogP contribution in [0.3, 0.4) is 0 Å². The number of anilines is 1. The lowest BCUT2D eigenvalue weighted by Gasteiger charge is -2.17. The molecule has 0 aliphatic rings. The molecule has 1 heterocycles. The second kappa shape index (κ2) is 5.71. The molecule has 1 aromatic heterocycles. The first kappa shape index (κ1) is 13.4. The molecule has 0 saturated heterocycles. The molecule has 2 aromatic rings. The summed E-state index contributed by atoms with van der Waals surface area (Å²) in [6.07, 6.45) is 2.29. The van der Waals surface area contributed by atoms with Crippen molar-refractivity contribution in [1.29, 1.82) is 0 Å². The normalized spacial score (nSPS) is 10.2. The number of aromatic nitrogens is 2. The first-order chi connectivity index (χ1) is 9.06. The molecule has 0 bridgehead atoms. The van der Waals surface area contributed by atoms with E-state index < -0.39 is 5.82 Å². The maximum atomic E-state index is 12.7. The molecule has 0 saturated carbocycles. The van der Waals surface area contributed by atoms with Crippen LogP contribution in [0, 0.1) is 5.82 Å². The minimum atomic E-state index is -0.451. The number of halogens is 1. The van der Waals surface area contributed by atoms with Crippen LogP contribution in [-0.4, -0.2) is 22.0 Å². The number of hydrogen-bond donors (Lipinski definition) is 1. The quantitative estimate of drug-likeness (QED) is 0.864. The van der Waals surface area contributed by atoms with Gasteiger partial charge >= 0.3 is 0 Å². The van der Waals surface area contributed by atoms with Gasteiger partial charge in [0.25, 0.3) is 0 Å². The van der Waals surface area contributed by atoms with Crippen molar-refractivity contribution in [3.63, 3.8) is 0 Å². The topological polar surface area (TPSA) is 55.0 Å². The zero-order valence-corrected chi connectivity index (χ0v) is 11.2. The third-order valence-electron chi connectivity index (χ3n) is 2.58. The highest BCUT2D eigenvalue weighted by Crippen LogP contribution is 2.11. The van der Waals surface area contributed by atoms with Crippen LogP contribution in [0.5, 0.6) is 0 Å². The summed E-state index contributed by atoms with van der Waals surface area (Å²) in [5, 5.41) is 0. The van der Waals surface area contributed by atoms with E-state index in [9.17, 15) is 4.39 Å². The fourth-order valence-corrected chi connectivity index (χ4v) is 1.80. The lowest BCUT2D eigenvalue weighted by molar-refractivity contribution is 0.612. The lowest BCUT2D eigenvalue weighted by atomic mass is 10.1. The van der Waals surface area contributed by atoms with Crippen molar-refractivity contribution < 1.29 is 4.39 Å². The summed E-state index contributed by atoms with van der Waals surface area (Å²) in [5.74, 6) is 0.00903. The van der Waals surface area contributed by atoms with Gasteiger partial charge in [0.05, 0.1) is 12.4 Å². The van der Waals surface area contributed by atoms with Gasteiger partial charge in [-0.1, -0.05) is 30.4 Å². The highest BCUT2D eigenvalue weighted by molar-refractivity contribution is 7.80. The van der Waals surface area contributed by atoms with Crippen LogP contribution in [0.4, 0.5) is 10.3 Å². The summed E-state index contributed by atoms with van der Waals surface area (Å²) >= 11 is 4.94. The van der Waals surface area contributed by atoms with Crippen LogP contribution in [0.25, 0.3) is 0 Å². The van der Waals surface area contributed by atoms with Gasteiger partial charge in [-0.05, 0) is 11.6 Å². The molecule has 19 heavy (non-hydrogen) atoms. The summed E-state index contributed by atoms with van der Waals surface area (Å²) in [6, 6.07) is 7.63. The molecule has 0 fully saturated rings. The van der Waals surface area contributed by atoms with Crippen molar-refractivity contribution in [2.75, 3.05) is 11.9 Å². The number of rotatable bonds is 4.